The number of hydrogen-bond donors (Lipinski definition) is 6. The van der Waals surface area contributed by atoms with E-state index in [-0.39, 0.29) is 25.0 Å². The van der Waals surface area contributed by atoms with Gasteiger partial charge in [-0.1, -0.05) is 54.6 Å². The van der Waals surface area contributed by atoms with E-state index in [2.05, 4.69) is 16.0 Å². The number of aryl methyl sites for hydroxylation is 1. The maximum atomic E-state index is 13.8. The molecular weight excluding hydrogens is 645 g/mol. The summed E-state index contributed by atoms with van der Waals surface area (Å²) in [6.07, 6.45) is 3.68. The van der Waals surface area contributed by atoms with Gasteiger partial charge in [-0.25, -0.2) is 4.39 Å². The van der Waals surface area contributed by atoms with Crippen LogP contribution in [0.1, 0.15) is 42.4 Å². The van der Waals surface area contributed by atoms with Gasteiger partial charge in [0, 0.05) is 26.3 Å². The number of benzene rings is 3. The van der Waals surface area contributed by atoms with Crippen LogP contribution >= 0.6 is 0 Å². The van der Waals surface area contributed by atoms with Crippen LogP contribution in [0.4, 0.5) is 4.39 Å². The molecule has 3 aromatic rings. The number of hydrogen-bond acceptors (Lipinski definition) is 8. The summed E-state index contributed by atoms with van der Waals surface area (Å²) in [7, 11) is 1.34. The molecule has 0 heterocycles. The standard InChI is InChI=1S/C37H45FN5O7/c1-43(33(22-27-12-17-30(46)18-13-27)36(49)40-29(23-44)9-5-6-20-39)37(50)32(24-45)42-35(48)31(21-26-7-3-2-4-8-26)41-34(47)19-14-25-10-15-28(38)16-11-25/h2-4,7-8,10-13,15-18,29,31-33,45-46H,5-6,9,14,19-22,24,39H2,1H3,(H,40,49)(H,41,47)(H,42,48)/t29-,31-,32+,33+/m1/s1. The van der Waals surface area contributed by atoms with Gasteiger partial charge in [0.25, 0.3) is 0 Å². The Morgan fingerprint density at radius 3 is 2.08 bits per heavy atom. The molecule has 1 radical (unpaired) electrons. The number of rotatable bonds is 20. The Labute approximate surface area is 291 Å². The number of halogens is 1. The fourth-order valence-electron chi connectivity index (χ4n) is 5.27. The highest BCUT2D eigenvalue weighted by molar-refractivity contribution is 5.95. The molecule has 50 heavy (non-hydrogen) atoms. The van der Waals surface area contributed by atoms with E-state index in [0.29, 0.717) is 37.8 Å². The van der Waals surface area contributed by atoms with Crippen molar-refractivity contribution >= 4 is 29.9 Å². The van der Waals surface area contributed by atoms with Gasteiger partial charge in [0.15, 0.2) is 0 Å². The second-order valence-electron chi connectivity index (χ2n) is 12.0. The Hall–Kier alpha value is -5.14. The molecule has 0 aliphatic rings. The van der Waals surface area contributed by atoms with Crippen LogP contribution < -0.4 is 21.7 Å². The average molecular weight is 691 g/mol. The fraction of sp³-hybridized carbons (Fsp3) is 0.378. The van der Waals surface area contributed by atoms with Crippen molar-refractivity contribution < 1.29 is 38.6 Å². The molecule has 12 nitrogen and oxygen atoms in total. The summed E-state index contributed by atoms with van der Waals surface area (Å²) >= 11 is 0. The van der Waals surface area contributed by atoms with Crippen LogP contribution in [0.25, 0.3) is 0 Å². The van der Waals surface area contributed by atoms with Crippen molar-refractivity contribution in [1.29, 1.82) is 0 Å². The number of nitrogens with one attached hydrogen (secondary N) is 3. The topological polar surface area (TPSA) is 191 Å². The smallest absolute Gasteiger partial charge is 0.247 e. The fourth-order valence-corrected chi connectivity index (χ4v) is 5.27. The first-order valence-electron chi connectivity index (χ1n) is 16.5. The predicted molar refractivity (Wildman–Crippen MR) is 185 cm³/mol. The Morgan fingerprint density at radius 2 is 1.46 bits per heavy atom. The lowest BCUT2D eigenvalue weighted by Gasteiger charge is -2.31. The zero-order valence-corrected chi connectivity index (χ0v) is 28.0. The normalized spacial score (nSPS) is 13.3. The Balaban J connectivity index is 1.77. The zero-order chi connectivity index (χ0) is 36.5. The van der Waals surface area contributed by atoms with E-state index in [0.717, 1.165) is 16.0 Å². The van der Waals surface area contributed by atoms with Crippen molar-refractivity contribution in [1.82, 2.24) is 20.9 Å². The minimum atomic E-state index is -1.49. The zero-order valence-electron chi connectivity index (χ0n) is 28.0. The Bertz CT molecular complexity index is 1540. The number of carbonyl (C=O) groups excluding carboxylic acids is 5. The molecule has 267 valence electrons. The van der Waals surface area contributed by atoms with Gasteiger partial charge in [-0.2, -0.15) is 0 Å². The highest BCUT2D eigenvalue weighted by atomic mass is 19.1. The summed E-state index contributed by atoms with van der Waals surface area (Å²) in [4.78, 5) is 66.6. The van der Waals surface area contributed by atoms with Gasteiger partial charge in [0.05, 0.1) is 12.6 Å². The van der Waals surface area contributed by atoms with Crippen LogP contribution in [0.5, 0.6) is 5.75 Å². The highest BCUT2D eigenvalue weighted by Crippen LogP contribution is 2.15. The van der Waals surface area contributed by atoms with Crippen LogP contribution in [0.2, 0.25) is 0 Å². The summed E-state index contributed by atoms with van der Waals surface area (Å²) in [5, 5.41) is 27.8. The average Bonchev–Trinajstić information content (AvgIpc) is 3.12. The van der Waals surface area contributed by atoms with Gasteiger partial charge in [-0.3, -0.25) is 24.0 Å². The van der Waals surface area contributed by atoms with E-state index in [4.69, 9.17) is 5.73 Å². The quantitative estimate of drug-likeness (QED) is 0.0961. The van der Waals surface area contributed by atoms with E-state index in [1.165, 1.54) is 31.3 Å². The van der Waals surface area contributed by atoms with Crippen molar-refractivity contribution in [3.05, 3.63) is 101 Å². The van der Waals surface area contributed by atoms with Crippen LogP contribution in [0.3, 0.4) is 0 Å². The van der Waals surface area contributed by atoms with Gasteiger partial charge >= 0.3 is 0 Å². The van der Waals surface area contributed by atoms with Crippen LogP contribution in [-0.2, 0) is 43.2 Å². The van der Waals surface area contributed by atoms with Gasteiger partial charge in [0.1, 0.15) is 29.7 Å². The van der Waals surface area contributed by atoms with Gasteiger partial charge < -0.3 is 36.8 Å². The molecule has 3 aromatic carbocycles. The monoisotopic (exact) mass is 690 g/mol. The number of phenolic OH excluding ortho intramolecular Hbond substituents is 1. The first-order valence-corrected chi connectivity index (χ1v) is 16.5. The summed E-state index contributed by atoms with van der Waals surface area (Å²) < 4.78 is 13.3. The number of amides is 4. The third kappa shape index (κ3) is 12.7. The van der Waals surface area contributed by atoms with E-state index in [1.54, 1.807) is 54.6 Å². The van der Waals surface area contributed by atoms with Crippen molar-refractivity contribution in [2.24, 2.45) is 5.73 Å². The summed E-state index contributed by atoms with van der Waals surface area (Å²) in [5.74, 6) is -3.03. The molecule has 0 unspecified atom stereocenters. The maximum Gasteiger partial charge on any atom is 0.247 e. The number of aliphatic hydroxyl groups excluding tert-OH is 1. The molecule has 4 amide bonds. The van der Waals surface area contributed by atoms with Crippen LogP contribution in [0.15, 0.2) is 78.9 Å². The van der Waals surface area contributed by atoms with E-state index < -0.39 is 60.2 Å². The highest BCUT2D eigenvalue weighted by Gasteiger charge is 2.34. The molecule has 0 saturated carbocycles. The lowest BCUT2D eigenvalue weighted by atomic mass is 10.0. The number of unbranched alkanes of at least 4 members (excludes halogenated alkanes) is 1. The third-order valence-corrected chi connectivity index (χ3v) is 8.17. The largest absolute Gasteiger partial charge is 0.508 e. The van der Waals surface area contributed by atoms with E-state index in [1.807, 2.05) is 6.29 Å². The van der Waals surface area contributed by atoms with Crippen molar-refractivity contribution in [3.63, 3.8) is 0 Å². The second kappa shape index (κ2) is 20.4. The number of aliphatic hydroxyl groups is 1. The number of nitrogens with two attached hydrogens (primary N) is 1. The molecule has 0 saturated heterocycles. The van der Waals surface area contributed by atoms with Crippen molar-refractivity contribution in [3.8, 4) is 5.75 Å². The molecule has 7 N–H and O–H groups in total. The number of carbonyl (C=O) groups is 4. The molecule has 13 heteroatoms. The summed E-state index contributed by atoms with van der Waals surface area (Å²) in [5.41, 5.74) is 7.60. The van der Waals surface area contributed by atoms with E-state index in [9.17, 15) is 38.6 Å². The van der Waals surface area contributed by atoms with Crippen LogP contribution in [-0.4, -0.2) is 89.4 Å². The first-order chi connectivity index (χ1) is 24.0. The number of aromatic hydroxyl groups is 1. The molecule has 0 bridgehead atoms. The maximum absolute atomic E-state index is 13.8. The van der Waals surface area contributed by atoms with Crippen LogP contribution in [0, 0.1) is 5.82 Å². The SMILES string of the molecule is CN(C(=O)[C@H](CO)NC(=O)[C@@H](Cc1ccccc1)NC(=O)CCc1ccc(F)cc1)[C@@H](Cc1ccc(O)cc1)C(=O)N[C@@H]([C]=O)CCCCN. The number of nitrogens with zero attached hydrogens (tertiary/aromatic N) is 1. The molecule has 4 atom stereocenters. The third-order valence-electron chi connectivity index (χ3n) is 8.17. The molecule has 0 aliphatic heterocycles. The molecule has 0 aliphatic carbocycles. The Kier molecular flexibility index (Phi) is 16.0. The minimum Gasteiger partial charge on any atom is -0.508 e. The van der Waals surface area contributed by atoms with Crippen molar-refractivity contribution in [2.45, 2.75) is 69.1 Å². The van der Waals surface area contributed by atoms with Gasteiger partial charge in [-0.15, -0.1) is 0 Å². The number of phenols is 1. The van der Waals surface area contributed by atoms with E-state index >= 15 is 0 Å². The molecular formula is C37H45FN5O7. The number of likely N-dealkylation sites (N-methyl/N-ethyl adjacent to an activating group) is 1. The molecule has 0 aromatic heterocycles. The predicted octanol–water partition coefficient (Wildman–Crippen LogP) is 1.46. The minimum absolute atomic E-state index is 0.00497. The Morgan fingerprint density at radius 1 is 0.820 bits per heavy atom. The lowest BCUT2D eigenvalue weighted by Crippen LogP contribution is -2.59. The molecule has 0 spiro atoms. The van der Waals surface area contributed by atoms with Crippen molar-refractivity contribution in [2.75, 3.05) is 20.2 Å². The summed E-state index contributed by atoms with van der Waals surface area (Å²) in [6, 6.07) is 15.9. The second-order valence-corrected chi connectivity index (χ2v) is 12.0. The van der Waals surface area contributed by atoms with Gasteiger partial charge in [-0.05, 0) is 73.2 Å². The summed E-state index contributed by atoms with van der Waals surface area (Å²) in [6.45, 7) is -0.400. The van der Waals surface area contributed by atoms with Gasteiger partial charge in [0.2, 0.25) is 29.9 Å². The molecule has 0 fully saturated rings. The first kappa shape index (κ1) is 39.3. The lowest BCUT2D eigenvalue weighted by molar-refractivity contribution is -0.143. The molecule has 3 rings (SSSR count).